The SMILES string of the molecule is CC(C(=O)Nc1ccccc1Br)N1CCC(C(=O)O)CC1. The molecule has 1 aliphatic rings. The molecule has 0 radical (unpaired) electrons. The fraction of sp³-hybridized carbons (Fsp3) is 0.467. The highest BCUT2D eigenvalue weighted by atomic mass is 79.9. The summed E-state index contributed by atoms with van der Waals surface area (Å²) in [5, 5.41) is 11.9. The third kappa shape index (κ3) is 4.04. The lowest BCUT2D eigenvalue weighted by Gasteiger charge is -2.33. The number of halogens is 1. The van der Waals surface area contributed by atoms with E-state index in [2.05, 4.69) is 21.2 Å². The predicted molar refractivity (Wildman–Crippen MR) is 84.2 cm³/mol. The Morgan fingerprint density at radius 3 is 2.52 bits per heavy atom. The molecule has 1 aromatic carbocycles. The maximum absolute atomic E-state index is 12.3. The van der Waals surface area contributed by atoms with E-state index in [4.69, 9.17) is 5.11 Å². The highest BCUT2D eigenvalue weighted by Crippen LogP contribution is 2.23. The number of nitrogens with one attached hydrogen (secondary N) is 1. The number of anilines is 1. The zero-order valence-electron chi connectivity index (χ0n) is 11.9. The van der Waals surface area contributed by atoms with Gasteiger partial charge in [-0.05, 0) is 60.9 Å². The van der Waals surface area contributed by atoms with Crippen LogP contribution in [0.5, 0.6) is 0 Å². The molecule has 6 heteroatoms. The van der Waals surface area contributed by atoms with E-state index in [1.54, 1.807) is 0 Å². The van der Waals surface area contributed by atoms with Crippen LogP contribution in [0.2, 0.25) is 0 Å². The summed E-state index contributed by atoms with van der Waals surface area (Å²) in [7, 11) is 0. The van der Waals surface area contributed by atoms with Gasteiger partial charge in [0, 0.05) is 4.47 Å². The van der Waals surface area contributed by atoms with Crippen molar-refractivity contribution in [2.24, 2.45) is 5.92 Å². The number of aliphatic carboxylic acids is 1. The number of amides is 1. The Morgan fingerprint density at radius 2 is 1.95 bits per heavy atom. The van der Waals surface area contributed by atoms with Gasteiger partial charge >= 0.3 is 5.97 Å². The van der Waals surface area contributed by atoms with Crippen LogP contribution < -0.4 is 5.32 Å². The molecule has 0 spiro atoms. The van der Waals surface area contributed by atoms with Crippen LogP contribution in [0.4, 0.5) is 5.69 Å². The molecule has 2 N–H and O–H groups in total. The van der Waals surface area contributed by atoms with Crippen molar-refractivity contribution in [2.45, 2.75) is 25.8 Å². The summed E-state index contributed by atoms with van der Waals surface area (Å²) in [6.45, 7) is 3.14. The number of nitrogens with zero attached hydrogens (tertiary/aromatic N) is 1. The molecule has 0 aromatic heterocycles. The van der Waals surface area contributed by atoms with Crippen LogP contribution in [0.15, 0.2) is 28.7 Å². The van der Waals surface area contributed by atoms with Gasteiger partial charge in [-0.3, -0.25) is 14.5 Å². The summed E-state index contributed by atoms with van der Waals surface area (Å²) < 4.78 is 0.843. The number of carboxylic acid groups (broad SMARTS) is 1. The van der Waals surface area contributed by atoms with Crippen molar-refractivity contribution in [3.8, 4) is 0 Å². The van der Waals surface area contributed by atoms with E-state index in [0.29, 0.717) is 25.9 Å². The van der Waals surface area contributed by atoms with Crippen molar-refractivity contribution in [3.05, 3.63) is 28.7 Å². The summed E-state index contributed by atoms with van der Waals surface area (Å²) in [6, 6.07) is 7.19. The quantitative estimate of drug-likeness (QED) is 0.871. The normalized spacial score (nSPS) is 18.2. The fourth-order valence-corrected chi connectivity index (χ4v) is 2.88. The standard InChI is InChI=1S/C15H19BrN2O3/c1-10(18-8-6-11(7-9-18)15(20)21)14(19)17-13-5-3-2-4-12(13)16/h2-5,10-11H,6-9H2,1H3,(H,17,19)(H,20,21). The van der Waals surface area contributed by atoms with Gasteiger partial charge in [-0.25, -0.2) is 0 Å². The number of para-hydroxylation sites is 1. The minimum atomic E-state index is -0.736. The van der Waals surface area contributed by atoms with E-state index < -0.39 is 5.97 Å². The average molecular weight is 355 g/mol. The number of piperidine rings is 1. The van der Waals surface area contributed by atoms with Gasteiger partial charge in [-0.1, -0.05) is 12.1 Å². The number of carboxylic acids is 1. The molecule has 1 amide bonds. The van der Waals surface area contributed by atoms with Crippen LogP contribution in [-0.2, 0) is 9.59 Å². The molecular formula is C15H19BrN2O3. The monoisotopic (exact) mass is 354 g/mol. The zero-order valence-corrected chi connectivity index (χ0v) is 13.5. The highest BCUT2D eigenvalue weighted by molar-refractivity contribution is 9.10. The van der Waals surface area contributed by atoms with Crippen molar-refractivity contribution in [1.29, 1.82) is 0 Å². The number of hydrogen-bond acceptors (Lipinski definition) is 3. The third-order valence-corrected chi connectivity index (χ3v) is 4.63. The van der Waals surface area contributed by atoms with Crippen LogP contribution in [0.1, 0.15) is 19.8 Å². The van der Waals surface area contributed by atoms with E-state index in [-0.39, 0.29) is 17.9 Å². The van der Waals surface area contributed by atoms with Crippen LogP contribution in [-0.4, -0.2) is 41.0 Å². The lowest BCUT2D eigenvalue weighted by molar-refractivity contribution is -0.143. The third-order valence-electron chi connectivity index (χ3n) is 3.94. The lowest BCUT2D eigenvalue weighted by atomic mass is 9.96. The van der Waals surface area contributed by atoms with Crippen LogP contribution in [0.3, 0.4) is 0 Å². The summed E-state index contributed by atoms with van der Waals surface area (Å²) in [5.41, 5.74) is 0.745. The molecule has 2 rings (SSSR count). The molecule has 0 saturated carbocycles. The van der Waals surface area contributed by atoms with Crippen molar-refractivity contribution in [1.82, 2.24) is 4.90 Å². The minimum Gasteiger partial charge on any atom is -0.481 e. The second-order valence-corrected chi connectivity index (χ2v) is 6.15. The van der Waals surface area contributed by atoms with Gasteiger partial charge in [0.25, 0.3) is 0 Å². The van der Waals surface area contributed by atoms with Crippen LogP contribution in [0.25, 0.3) is 0 Å². The van der Waals surface area contributed by atoms with E-state index in [9.17, 15) is 9.59 Å². The second kappa shape index (κ2) is 7.04. The molecular weight excluding hydrogens is 336 g/mol. The molecule has 5 nitrogen and oxygen atoms in total. The molecule has 0 aliphatic carbocycles. The molecule has 1 aromatic rings. The Bertz CT molecular complexity index is 527. The predicted octanol–water partition coefficient (Wildman–Crippen LogP) is 2.57. The summed E-state index contributed by atoms with van der Waals surface area (Å²) in [6.07, 6.45) is 1.20. The topological polar surface area (TPSA) is 69.6 Å². The smallest absolute Gasteiger partial charge is 0.306 e. The largest absolute Gasteiger partial charge is 0.481 e. The number of likely N-dealkylation sites (tertiary alicyclic amines) is 1. The number of rotatable bonds is 4. The lowest BCUT2D eigenvalue weighted by Crippen LogP contribution is -2.47. The molecule has 114 valence electrons. The molecule has 1 fully saturated rings. The molecule has 1 atom stereocenters. The van der Waals surface area contributed by atoms with Gasteiger partial charge in [0.05, 0.1) is 17.6 Å². The first-order chi connectivity index (χ1) is 9.99. The first-order valence-electron chi connectivity index (χ1n) is 7.01. The average Bonchev–Trinajstić information content (AvgIpc) is 2.49. The van der Waals surface area contributed by atoms with E-state index >= 15 is 0 Å². The molecule has 21 heavy (non-hydrogen) atoms. The molecule has 1 aliphatic heterocycles. The number of carbonyl (C=O) groups excluding carboxylic acids is 1. The van der Waals surface area contributed by atoms with Crippen molar-refractivity contribution in [2.75, 3.05) is 18.4 Å². The summed E-state index contributed by atoms with van der Waals surface area (Å²) >= 11 is 3.40. The maximum atomic E-state index is 12.3. The second-order valence-electron chi connectivity index (χ2n) is 5.29. The zero-order chi connectivity index (χ0) is 15.4. The minimum absolute atomic E-state index is 0.0734. The first-order valence-corrected chi connectivity index (χ1v) is 7.80. The van der Waals surface area contributed by atoms with Gasteiger partial charge in [0.1, 0.15) is 0 Å². The fourth-order valence-electron chi connectivity index (χ4n) is 2.50. The maximum Gasteiger partial charge on any atom is 0.306 e. The van der Waals surface area contributed by atoms with E-state index in [1.165, 1.54) is 0 Å². The summed E-state index contributed by atoms with van der Waals surface area (Å²) in [4.78, 5) is 25.3. The van der Waals surface area contributed by atoms with Gasteiger partial charge < -0.3 is 10.4 Å². The van der Waals surface area contributed by atoms with Crippen LogP contribution >= 0.6 is 15.9 Å². The van der Waals surface area contributed by atoms with Gasteiger partial charge in [0.2, 0.25) is 5.91 Å². The van der Waals surface area contributed by atoms with Crippen molar-refractivity contribution < 1.29 is 14.7 Å². The Balaban J connectivity index is 1.92. The molecule has 1 heterocycles. The van der Waals surface area contributed by atoms with Crippen LogP contribution in [0, 0.1) is 5.92 Å². The van der Waals surface area contributed by atoms with Gasteiger partial charge in [-0.15, -0.1) is 0 Å². The van der Waals surface area contributed by atoms with E-state index in [1.807, 2.05) is 36.1 Å². The molecule has 0 bridgehead atoms. The first kappa shape index (κ1) is 16.0. The summed E-state index contributed by atoms with van der Waals surface area (Å²) in [5.74, 6) is -1.09. The van der Waals surface area contributed by atoms with Crippen molar-refractivity contribution >= 4 is 33.5 Å². The number of carbonyl (C=O) groups is 2. The van der Waals surface area contributed by atoms with Crippen molar-refractivity contribution in [3.63, 3.8) is 0 Å². The van der Waals surface area contributed by atoms with Gasteiger partial charge in [0.15, 0.2) is 0 Å². The Kier molecular flexibility index (Phi) is 5.36. The Labute approximate surface area is 132 Å². The Hall–Kier alpha value is -1.40. The Morgan fingerprint density at radius 1 is 1.33 bits per heavy atom. The highest BCUT2D eigenvalue weighted by Gasteiger charge is 2.29. The number of benzene rings is 1. The molecule has 1 unspecified atom stereocenters. The van der Waals surface area contributed by atoms with E-state index in [0.717, 1.165) is 10.2 Å². The molecule has 1 saturated heterocycles. The van der Waals surface area contributed by atoms with Gasteiger partial charge in [-0.2, -0.15) is 0 Å². The number of hydrogen-bond donors (Lipinski definition) is 2.